The van der Waals surface area contributed by atoms with Gasteiger partial charge in [-0.05, 0) is 23.6 Å². The first kappa shape index (κ1) is 9.21. The summed E-state index contributed by atoms with van der Waals surface area (Å²) in [5, 5.41) is 6.83. The molecule has 0 saturated heterocycles. The van der Waals surface area contributed by atoms with Crippen LogP contribution in [0.25, 0.3) is 0 Å². The van der Waals surface area contributed by atoms with Gasteiger partial charge in [-0.25, -0.2) is 4.98 Å². The molecule has 3 nitrogen and oxygen atoms in total. The van der Waals surface area contributed by atoms with Gasteiger partial charge in [-0.3, -0.25) is 5.10 Å². The molecule has 2 aromatic rings. The number of benzene rings is 1. The number of aryl methyl sites for hydroxylation is 2. The zero-order chi connectivity index (χ0) is 9.80. The number of nitrogens with one attached hydrogen (secondary N) is 1. The van der Waals surface area contributed by atoms with Gasteiger partial charge in [0, 0.05) is 6.42 Å². The summed E-state index contributed by atoms with van der Waals surface area (Å²) < 4.78 is 0. The summed E-state index contributed by atoms with van der Waals surface area (Å²) in [6.45, 7) is 0. The smallest absolute Gasteiger partial charge is 0.242 e. The molecule has 1 aromatic heterocycles. The molecule has 0 radical (unpaired) electrons. The molecule has 0 aliphatic heterocycles. The number of nitrogens with zero attached hydrogens (tertiary/aromatic N) is 2. The summed E-state index contributed by atoms with van der Waals surface area (Å²) in [5.74, 6) is 0.832. The van der Waals surface area contributed by atoms with Crippen molar-refractivity contribution in [3.8, 4) is 0 Å². The first-order valence-electron chi connectivity index (χ1n) is 4.45. The summed E-state index contributed by atoms with van der Waals surface area (Å²) in [5.41, 5.74) is 1.29. The maximum Gasteiger partial charge on any atom is 0.242 e. The number of aromatic nitrogens is 3. The van der Waals surface area contributed by atoms with Gasteiger partial charge in [0.2, 0.25) is 5.28 Å². The molecule has 0 spiro atoms. The lowest BCUT2D eigenvalue weighted by Crippen LogP contribution is -1.93. The molecule has 14 heavy (non-hydrogen) atoms. The molecule has 2 rings (SSSR count). The van der Waals surface area contributed by atoms with E-state index in [1.165, 1.54) is 5.56 Å². The maximum atomic E-state index is 5.59. The first-order valence-corrected chi connectivity index (χ1v) is 4.83. The van der Waals surface area contributed by atoms with Crippen LogP contribution in [0.4, 0.5) is 0 Å². The van der Waals surface area contributed by atoms with Gasteiger partial charge in [-0.2, -0.15) is 0 Å². The summed E-state index contributed by atoms with van der Waals surface area (Å²) in [6.07, 6.45) is 1.79. The van der Waals surface area contributed by atoms with Crippen molar-refractivity contribution in [1.29, 1.82) is 0 Å². The van der Waals surface area contributed by atoms with Crippen molar-refractivity contribution in [2.45, 2.75) is 12.8 Å². The van der Waals surface area contributed by atoms with E-state index >= 15 is 0 Å². The molecule has 0 bridgehead atoms. The third-order valence-corrected chi connectivity index (χ3v) is 2.17. The molecule has 1 aromatic carbocycles. The Morgan fingerprint density at radius 3 is 2.57 bits per heavy atom. The number of aromatic amines is 1. The van der Waals surface area contributed by atoms with Crippen molar-refractivity contribution >= 4 is 11.6 Å². The highest BCUT2D eigenvalue weighted by Gasteiger charge is 2.00. The zero-order valence-electron chi connectivity index (χ0n) is 7.57. The molecule has 0 amide bonds. The van der Waals surface area contributed by atoms with Crippen LogP contribution in [0.2, 0.25) is 5.28 Å². The first-order chi connectivity index (χ1) is 6.84. The number of H-pyrrole nitrogens is 1. The van der Waals surface area contributed by atoms with Gasteiger partial charge in [0.25, 0.3) is 0 Å². The van der Waals surface area contributed by atoms with Gasteiger partial charge in [0.15, 0.2) is 0 Å². The summed E-state index contributed by atoms with van der Waals surface area (Å²) in [6, 6.07) is 10.3. The van der Waals surface area contributed by atoms with Crippen molar-refractivity contribution in [3.05, 3.63) is 47.0 Å². The lowest BCUT2D eigenvalue weighted by molar-refractivity contribution is 0.865. The predicted molar refractivity (Wildman–Crippen MR) is 55.2 cm³/mol. The second-order valence-electron chi connectivity index (χ2n) is 3.04. The van der Waals surface area contributed by atoms with E-state index in [4.69, 9.17) is 11.6 Å². The van der Waals surface area contributed by atoms with Crippen LogP contribution in [-0.4, -0.2) is 15.2 Å². The summed E-state index contributed by atoms with van der Waals surface area (Å²) in [4.78, 5) is 4.02. The van der Waals surface area contributed by atoms with Crippen LogP contribution in [0, 0.1) is 0 Å². The average Bonchev–Trinajstić information content (AvgIpc) is 2.63. The van der Waals surface area contributed by atoms with Crippen LogP contribution in [0.15, 0.2) is 30.3 Å². The molecule has 1 N–H and O–H groups in total. The molecule has 0 fully saturated rings. The van der Waals surface area contributed by atoms with Crippen LogP contribution in [0.3, 0.4) is 0 Å². The lowest BCUT2D eigenvalue weighted by atomic mass is 10.1. The van der Waals surface area contributed by atoms with Crippen LogP contribution < -0.4 is 0 Å². The SMILES string of the molecule is Clc1n[nH]c(CCc2ccccc2)n1. The lowest BCUT2D eigenvalue weighted by Gasteiger charge is -1.97. The largest absolute Gasteiger partial charge is 0.262 e. The maximum absolute atomic E-state index is 5.59. The molecule has 0 saturated carbocycles. The highest BCUT2D eigenvalue weighted by atomic mass is 35.5. The van der Waals surface area contributed by atoms with Crippen LogP contribution in [0.1, 0.15) is 11.4 Å². The summed E-state index contributed by atoms with van der Waals surface area (Å²) >= 11 is 5.59. The molecule has 4 heteroatoms. The Balaban J connectivity index is 1.95. The zero-order valence-corrected chi connectivity index (χ0v) is 8.33. The Morgan fingerprint density at radius 2 is 1.93 bits per heavy atom. The molecule has 0 aliphatic carbocycles. The van der Waals surface area contributed by atoms with Gasteiger partial charge < -0.3 is 0 Å². The Hall–Kier alpha value is -1.35. The molecular formula is C10H10ClN3. The van der Waals surface area contributed by atoms with Crippen molar-refractivity contribution in [3.63, 3.8) is 0 Å². The van der Waals surface area contributed by atoms with E-state index in [0.717, 1.165) is 18.7 Å². The molecule has 1 heterocycles. The molecule has 0 unspecified atom stereocenters. The highest BCUT2D eigenvalue weighted by molar-refractivity contribution is 6.28. The van der Waals surface area contributed by atoms with E-state index in [1.54, 1.807) is 0 Å². The van der Waals surface area contributed by atoms with Crippen LogP contribution in [0.5, 0.6) is 0 Å². The van der Waals surface area contributed by atoms with Crippen molar-refractivity contribution in [2.75, 3.05) is 0 Å². The van der Waals surface area contributed by atoms with Crippen molar-refractivity contribution < 1.29 is 0 Å². The van der Waals surface area contributed by atoms with Gasteiger partial charge in [0.05, 0.1) is 0 Å². The Bertz CT molecular complexity index is 397. The molecule has 0 aliphatic rings. The molecule has 0 atom stereocenters. The fraction of sp³-hybridized carbons (Fsp3) is 0.200. The second kappa shape index (κ2) is 4.24. The Morgan fingerprint density at radius 1 is 1.14 bits per heavy atom. The third-order valence-electron chi connectivity index (χ3n) is 2.00. The number of hydrogen-bond donors (Lipinski definition) is 1. The normalized spacial score (nSPS) is 10.4. The van der Waals surface area contributed by atoms with Gasteiger partial charge >= 0.3 is 0 Å². The van der Waals surface area contributed by atoms with Crippen molar-refractivity contribution in [1.82, 2.24) is 15.2 Å². The molecule has 72 valence electrons. The average molecular weight is 208 g/mol. The quantitative estimate of drug-likeness (QED) is 0.839. The predicted octanol–water partition coefficient (Wildman–Crippen LogP) is 2.24. The highest BCUT2D eigenvalue weighted by Crippen LogP contribution is 2.05. The summed E-state index contributed by atoms with van der Waals surface area (Å²) in [7, 11) is 0. The second-order valence-corrected chi connectivity index (χ2v) is 3.37. The monoisotopic (exact) mass is 207 g/mol. The van der Waals surface area contributed by atoms with E-state index < -0.39 is 0 Å². The van der Waals surface area contributed by atoms with Gasteiger partial charge in [-0.15, -0.1) is 5.10 Å². The topological polar surface area (TPSA) is 41.6 Å². The van der Waals surface area contributed by atoms with E-state index in [1.807, 2.05) is 18.2 Å². The van der Waals surface area contributed by atoms with E-state index in [2.05, 4.69) is 27.3 Å². The fourth-order valence-corrected chi connectivity index (χ4v) is 1.44. The van der Waals surface area contributed by atoms with E-state index in [-0.39, 0.29) is 5.28 Å². The van der Waals surface area contributed by atoms with Gasteiger partial charge in [0.1, 0.15) is 5.82 Å². The number of hydrogen-bond acceptors (Lipinski definition) is 2. The standard InChI is InChI=1S/C10H10ClN3/c11-10-12-9(13-14-10)7-6-8-4-2-1-3-5-8/h1-5H,6-7H2,(H,12,13,14). The van der Waals surface area contributed by atoms with E-state index in [0.29, 0.717) is 0 Å². The minimum absolute atomic E-state index is 0.285. The minimum Gasteiger partial charge on any atom is -0.262 e. The van der Waals surface area contributed by atoms with Crippen molar-refractivity contribution in [2.24, 2.45) is 0 Å². The molecular weight excluding hydrogens is 198 g/mol. The van der Waals surface area contributed by atoms with Gasteiger partial charge in [-0.1, -0.05) is 30.3 Å². The van der Waals surface area contributed by atoms with Crippen LogP contribution >= 0.6 is 11.6 Å². The Kier molecular flexibility index (Phi) is 2.79. The van der Waals surface area contributed by atoms with Crippen LogP contribution in [-0.2, 0) is 12.8 Å². The van der Waals surface area contributed by atoms with E-state index in [9.17, 15) is 0 Å². The fourth-order valence-electron chi connectivity index (χ4n) is 1.29. The number of rotatable bonds is 3. The Labute approximate surface area is 87.1 Å². The third kappa shape index (κ3) is 2.33. The number of halogens is 1. The minimum atomic E-state index is 0.285.